The van der Waals surface area contributed by atoms with Gasteiger partial charge >= 0.3 is 0 Å². The Balaban J connectivity index is 2.56. The molecule has 0 aromatic carbocycles. The molecule has 0 unspecified atom stereocenters. The highest BCUT2D eigenvalue weighted by molar-refractivity contribution is 5.92. The van der Waals surface area contributed by atoms with E-state index in [1.54, 1.807) is 0 Å². The fourth-order valence-electron chi connectivity index (χ4n) is 1.23. The third-order valence-corrected chi connectivity index (χ3v) is 2.27. The average Bonchev–Trinajstić information content (AvgIpc) is 2.48. The van der Waals surface area contributed by atoms with Crippen LogP contribution in [0.25, 0.3) is 0 Å². The Hall–Kier alpha value is -1.29. The minimum Gasteiger partial charge on any atom is -0.349 e. The van der Waals surface area contributed by atoms with Crippen molar-refractivity contribution in [3.63, 3.8) is 0 Å². The Morgan fingerprint density at radius 2 is 2.14 bits per heavy atom. The number of hydrogen-bond donors (Lipinski definition) is 2. The largest absolute Gasteiger partial charge is 0.349 e. The molecule has 4 nitrogen and oxygen atoms in total. The maximum atomic E-state index is 11.6. The van der Waals surface area contributed by atoms with E-state index in [4.69, 9.17) is 0 Å². The fraction of sp³-hybridized carbons (Fsp3) is 0.500. The first-order chi connectivity index (χ1) is 6.66. The summed E-state index contributed by atoms with van der Waals surface area (Å²) in [5.74, 6) is -0.0177. The van der Waals surface area contributed by atoms with E-state index in [1.807, 2.05) is 37.7 Å². The average molecular weight is 195 g/mol. The summed E-state index contributed by atoms with van der Waals surface area (Å²) in [6.07, 6.45) is 0. The minimum atomic E-state index is -0.0177. The standard InChI is InChI=1S/C10H17N3O/c1-8-4-5-9(13(8)3)10(14)12-7-6-11-2/h4-5,11H,6-7H2,1-3H3,(H,12,14). The fourth-order valence-corrected chi connectivity index (χ4v) is 1.23. The number of amides is 1. The van der Waals surface area contributed by atoms with Gasteiger partial charge in [-0.1, -0.05) is 0 Å². The first-order valence-corrected chi connectivity index (χ1v) is 4.72. The number of aryl methyl sites for hydroxylation is 1. The number of rotatable bonds is 4. The molecule has 0 spiro atoms. The summed E-state index contributed by atoms with van der Waals surface area (Å²) in [7, 11) is 3.75. The number of likely N-dealkylation sites (N-methyl/N-ethyl adjacent to an activating group) is 1. The van der Waals surface area contributed by atoms with Crippen molar-refractivity contribution in [3.05, 3.63) is 23.5 Å². The molecule has 0 atom stereocenters. The van der Waals surface area contributed by atoms with Crippen LogP contribution in [0.1, 0.15) is 16.2 Å². The Kier molecular flexibility index (Phi) is 3.71. The van der Waals surface area contributed by atoms with E-state index in [9.17, 15) is 4.79 Å². The normalized spacial score (nSPS) is 10.2. The van der Waals surface area contributed by atoms with Gasteiger partial charge in [-0.15, -0.1) is 0 Å². The van der Waals surface area contributed by atoms with Crippen molar-refractivity contribution in [2.45, 2.75) is 6.92 Å². The lowest BCUT2D eigenvalue weighted by atomic mass is 10.4. The van der Waals surface area contributed by atoms with Gasteiger partial charge in [0, 0.05) is 25.8 Å². The molecular weight excluding hydrogens is 178 g/mol. The second kappa shape index (κ2) is 4.81. The molecule has 1 aromatic rings. The zero-order valence-corrected chi connectivity index (χ0v) is 8.92. The Morgan fingerprint density at radius 1 is 1.43 bits per heavy atom. The summed E-state index contributed by atoms with van der Waals surface area (Å²) in [5, 5.41) is 5.80. The van der Waals surface area contributed by atoms with Crippen molar-refractivity contribution < 1.29 is 4.79 Å². The molecule has 78 valence electrons. The maximum absolute atomic E-state index is 11.6. The molecule has 0 aliphatic carbocycles. The van der Waals surface area contributed by atoms with Crippen molar-refractivity contribution in [1.29, 1.82) is 0 Å². The first-order valence-electron chi connectivity index (χ1n) is 4.72. The lowest BCUT2D eigenvalue weighted by molar-refractivity contribution is 0.0946. The minimum absolute atomic E-state index is 0.0177. The predicted octanol–water partition coefficient (Wildman–Crippen LogP) is 0.283. The highest BCUT2D eigenvalue weighted by atomic mass is 16.1. The number of nitrogens with zero attached hydrogens (tertiary/aromatic N) is 1. The van der Waals surface area contributed by atoms with Gasteiger partial charge in [-0.05, 0) is 26.1 Å². The van der Waals surface area contributed by atoms with Crippen molar-refractivity contribution in [2.24, 2.45) is 7.05 Å². The molecule has 0 bridgehead atoms. The van der Waals surface area contributed by atoms with Crippen LogP contribution in [-0.2, 0) is 7.05 Å². The van der Waals surface area contributed by atoms with E-state index in [0.29, 0.717) is 12.2 Å². The van der Waals surface area contributed by atoms with Crippen molar-refractivity contribution in [3.8, 4) is 0 Å². The summed E-state index contributed by atoms with van der Waals surface area (Å²) < 4.78 is 1.88. The molecule has 2 N–H and O–H groups in total. The second-order valence-corrected chi connectivity index (χ2v) is 3.28. The number of carbonyl (C=O) groups excluding carboxylic acids is 1. The van der Waals surface area contributed by atoms with Crippen LogP contribution in [0.4, 0.5) is 0 Å². The zero-order valence-electron chi connectivity index (χ0n) is 8.92. The molecule has 0 aliphatic rings. The third-order valence-electron chi connectivity index (χ3n) is 2.27. The molecule has 1 amide bonds. The molecule has 0 saturated heterocycles. The van der Waals surface area contributed by atoms with Gasteiger partial charge < -0.3 is 15.2 Å². The van der Waals surface area contributed by atoms with Gasteiger partial charge in [0.15, 0.2) is 0 Å². The molecule has 0 saturated carbocycles. The molecule has 1 aromatic heterocycles. The summed E-state index contributed by atoms with van der Waals surface area (Å²) in [4.78, 5) is 11.6. The molecule has 4 heteroatoms. The van der Waals surface area contributed by atoms with E-state index in [2.05, 4.69) is 10.6 Å². The zero-order chi connectivity index (χ0) is 10.6. The Bertz CT molecular complexity index is 317. The molecule has 1 rings (SSSR count). The van der Waals surface area contributed by atoms with Gasteiger partial charge in [0.1, 0.15) is 5.69 Å². The lowest BCUT2D eigenvalue weighted by Crippen LogP contribution is -2.31. The predicted molar refractivity (Wildman–Crippen MR) is 56.4 cm³/mol. The van der Waals surface area contributed by atoms with E-state index in [-0.39, 0.29) is 5.91 Å². The van der Waals surface area contributed by atoms with Crippen molar-refractivity contribution in [1.82, 2.24) is 15.2 Å². The van der Waals surface area contributed by atoms with Crippen LogP contribution < -0.4 is 10.6 Å². The number of carbonyl (C=O) groups is 1. The van der Waals surface area contributed by atoms with E-state index < -0.39 is 0 Å². The van der Waals surface area contributed by atoms with Gasteiger partial charge in [0.05, 0.1) is 0 Å². The Labute approximate surface area is 84.3 Å². The molecule has 1 heterocycles. The molecule has 0 radical (unpaired) electrons. The van der Waals surface area contributed by atoms with Crippen molar-refractivity contribution in [2.75, 3.05) is 20.1 Å². The smallest absolute Gasteiger partial charge is 0.267 e. The number of hydrogen-bond acceptors (Lipinski definition) is 2. The first kappa shape index (κ1) is 10.8. The van der Waals surface area contributed by atoms with Crippen LogP contribution >= 0.6 is 0 Å². The maximum Gasteiger partial charge on any atom is 0.267 e. The number of aromatic nitrogens is 1. The van der Waals surface area contributed by atoms with Crippen LogP contribution in [0.15, 0.2) is 12.1 Å². The SMILES string of the molecule is CNCCNC(=O)c1ccc(C)n1C. The molecular formula is C10H17N3O. The third kappa shape index (κ3) is 2.35. The summed E-state index contributed by atoms with van der Waals surface area (Å²) in [6.45, 7) is 3.42. The summed E-state index contributed by atoms with van der Waals surface area (Å²) in [6, 6.07) is 3.77. The van der Waals surface area contributed by atoms with Gasteiger partial charge in [0.2, 0.25) is 0 Å². The number of nitrogens with one attached hydrogen (secondary N) is 2. The van der Waals surface area contributed by atoms with Crippen molar-refractivity contribution >= 4 is 5.91 Å². The van der Waals surface area contributed by atoms with Gasteiger partial charge in [-0.25, -0.2) is 0 Å². The van der Waals surface area contributed by atoms with E-state index in [0.717, 1.165) is 12.2 Å². The molecule has 0 fully saturated rings. The molecule has 0 aliphatic heterocycles. The lowest BCUT2D eigenvalue weighted by Gasteiger charge is -2.06. The monoisotopic (exact) mass is 195 g/mol. The highest BCUT2D eigenvalue weighted by Gasteiger charge is 2.09. The van der Waals surface area contributed by atoms with Crippen LogP contribution in [0.3, 0.4) is 0 Å². The highest BCUT2D eigenvalue weighted by Crippen LogP contribution is 2.04. The summed E-state index contributed by atoms with van der Waals surface area (Å²) >= 11 is 0. The molecule has 14 heavy (non-hydrogen) atoms. The van der Waals surface area contributed by atoms with Crippen LogP contribution in [0.5, 0.6) is 0 Å². The summed E-state index contributed by atoms with van der Waals surface area (Å²) in [5.41, 5.74) is 1.79. The van der Waals surface area contributed by atoms with Crippen LogP contribution in [-0.4, -0.2) is 30.6 Å². The van der Waals surface area contributed by atoms with Gasteiger partial charge in [-0.3, -0.25) is 4.79 Å². The van der Waals surface area contributed by atoms with Gasteiger partial charge in [0.25, 0.3) is 5.91 Å². The topological polar surface area (TPSA) is 46.1 Å². The second-order valence-electron chi connectivity index (χ2n) is 3.28. The van der Waals surface area contributed by atoms with E-state index >= 15 is 0 Å². The van der Waals surface area contributed by atoms with Crippen LogP contribution in [0, 0.1) is 6.92 Å². The van der Waals surface area contributed by atoms with Gasteiger partial charge in [-0.2, -0.15) is 0 Å². The Morgan fingerprint density at radius 3 is 2.64 bits per heavy atom. The van der Waals surface area contributed by atoms with Crippen LogP contribution in [0.2, 0.25) is 0 Å². The van der Waals surface area contributed by atoms with E-state index in [1.165, 1.54) is 0 Å². The quantitative estimate of drug-likeness (QED) is 0.678.